The number of aromatic nitrogens is 2. The summed E-state index contributed by atoms with van der Waals surface area (Å²) >= 11 is 0.523. The first-order chi connectivity index (χ1) is 7.66. The molecule has 0 unspecified atom stereocenters. The third kappa shape index (κ3) is 3.51. The number of nitrogen functional groups attached to an aromatic ring is 1. The fourth-order valence-electron chi connectivity index (χ4n) is 1.00. The highest BCUT2D eigenvalue weighted by Gasteiger charge is 2.37. The van der Waals surface area contributed by atoms with Gasteiger partial charge in [0.2, 0.25) is 9.47 Å². The first kappa shape index (κ1) is 14.1. The van der Waals surface area contributed by atoms with Crippen LogP contribution < -0.4 is 5.73 Å². The van der Waals surface area contributed by atoms with Crippen LogP contribution in [0, 0.1) is 0 Å². The van der Waals surface area contributed by atoms with Gasteiger partial charge in [-0.3, -0.25) is 0 Å². The fraction of sp³-hybridized carbons (Fsp3) is 0.667. The van der Waals surface area contributed by atoms with E-state index in [2.05, 4.69) is 10.2 Å². The number of hydrogen-bond donors (Lipinski definition) is 1. The molecule has 17 heavy (non-hydrogen) atoms. The highest BCUT2D eigenvalue weighted by Crippen LogP contribution is 2.24. The van der Waals surface area contributed by atoms with Gasteiger partial charge in [-0.2, -0.15) is 17.5 Å². The van der Waals surface area contributed by atoms with Crippen LogP contribution in [0.5, 0.6) is 0 Å². The number of rotatable bonds is 4. The van der Waals surface area contributed by atoms with Crippen LogP contribution >= 0.6 is 11.3 Å². The van der Waals surface area contributed by atoms with Gasteiger partial charge in [-0.15, -0.1) is 10.2 Å². The Labute approximate surface area is 99.3 Å². The van der Waals surface area contributed by atoms with Crippen molar-refractivity contribution in [1.29, 1.82) is 0 Å². The maximum atomic E-state index is 12.2. The van der Waals surface area contributed by atoms with Gasteiger partial charge in [-0.25, -0.2) is 8.42 Å². The first-order valence-electron chi connectivity index (χ1n) is 4.32. The van der Waals surface area contributed by atoms with Crippen molar-refractivity contribution in [3.63, 3.8) is 0 Å². The summed E-state index contributed by atoms with van der Waals surface area (Å²) in [6, 6.07) is 0. The standard InChI is InChI=1S/C6H9F3N4O2S2/c1-2-13(3-6(7,8)9)17(14,15)5-12-11-4(10)16-5/h2-3H2,1H3,(H2,10,11). The summed E-state index contributed by atoms with van der Waals surface area (Å²) in [5.74, 6) is 0. The van der Waals surface area contributed by atoms with Crippen LogP contribution in [0.15, 0.2) is 4.34 Å². The van der Waals surface area contributed by atoms with Crippen LogP contribution in [0.25, 0.3) is 0 Å². The molecule has 1 aromatic heterocycles. The summed E-state index contributed by atoms with van der Waals surface area (Å²) in [6.45, 7) is -0.583. The van der Waals surface area contributed by atoms with Crippen LogP contribution in [0.2, 0.25) is 0 Å². The van der Waals surface area contributed by atoms with Crippen molar-refractivity contribution in [2.45, 2.75) is 17.4 Å². The van der Waals surface area contributed by atoms with Gasteiger partial charge in [0.15, 0.2) is 0 Å². The molecule has 0 aromatic carbocycles. The van der Waals surface area contributed by atoms with Crippen molar-refractivity contribution in [2.24, 2.45) is 0 Å². The maximum absolute atomic E-state index is 12.2. The molecule has 0 aliphatic heterocycles. The Morgan fingerprint density at radius 3 is 2.35 bits per heavy atom. The number of nitrogens with two attached hydrogens (primary N) is 1. The van der Waals surface area contributed by atoms with E-state index in [1.807, 2.05) is 0 Å². The number of anilines is 1. The minimum atomic E-state index is -4.61. The molecule has 0 saturated heterocycles. The molecule has 0 saturated carbocycles. The number of nitrogens with zero attached hydrogens (tertiary/aromatic N) is 3. The van der Waals surface area contributed by atoms with Crippen molar-refractivity contribution >= 4 is 26.5 Å². The summed E-state index contributed by atoms with van der Waals surface area (Å²) in [6.07, 6.45) is -4.61. The molecular weight excluding hydrogens is 281 g/mol. The van der Waals surface area contributed by atoms with Crippen molar-refractivity contribution in [2.75, 3.05) is 18.8 Å². The van der Waals surface area contributed by atoms with E-state index in [0.29, 0.717) is 11.3 Å². The van der Waals surface area contributed by atoms with E-state index >= 15 is 0 Å². The summed E-state index contributed by atoms with van der Waals surface area (Å²) in [4.78, 5) is 0. The van der Waals surface area contributed by atoms with Gasteiger partial charge in [0.05, 0.1) is 0 Å². The van der Waals surface area contributed by atoms with Crippen LogP contribution in [0.1, 0.15) is 6.92 Å². The molecule has 98 valence electrons. The third-order valence-electron chi connectivity index (χ3n) is 1.69. The Morgan fingerprint density at radius 2 is 2.00 bits per heavy atom. The SMILES string of the molecule is CCN(CC(F)(F)F)S(=O)(=O)c1nnc(N)s1. The molecule has 2 N–H and O–H groups in total. The molecule has 0 fully saturated rings. The molecular formula is C6H9F3N4O2S2. The smallest absolute Gasteiger partial charge is 0.374 e. The van der Waals surface area contributed by atoms with Crippen LogP contribution in [0.3, 0.4) is 0 Å². The zero-order valence-electron chi connectivity index (χ0n) is 8.60. The Morgan fingerprint density at radius 1 is 1.41 bits per heavy atom. The molecule has 0 bridgehead atoms. The maximum Gasteiger partial charge on any atom is 0.402 e. The second kappa shape index (κ2) is 4.74. The average molecular weight is 290 g/mol. The summed E-state index contributed by atoms with van der Waals surface area (Å²) < 4.78 is 59.7. The number of sulfonamides is 1. The zero-order chi connectivity index (χ0) is 13.3. The predicted octanol–water partition coefficient (Wildman–Crippen LogP) is 0.693. The van der Waals surface area contributed by atoms with Gasteiger partial charge in [-0.1, -0.05) is 18.3 Å². The zero-order valence-corrected chi connectivity index (χ0v) is 10.2. The molecule has 0 amide bonds. The van der Waals surface area contributed by atoms with E-state index in [1.165, 1.54) is 6.92 Å². The van der Waals surface area contributed by atoms with Gasteiger partial charge >= 0.3 is 6.18 Å². The van der Waals surface area contributed by atoms with E-state index in [0.717, 1.165) is 0 Å². The second-order valence-electron chi connectivity index (χ2n) is 2.95. The molecule has 0 spiro atoms. The topological polar surface area (TPSA) is 89.2 Å². The van der Waals surface area contributed by atoms with Crippen LogP contribution in [-0.2, 0) is 10.0 Å². The number of alkyl halides is 3. The number of halogens is 3. The molecule has 1 aromatic rings. The minimum Gasteiger partial charge on any atom is -0.374 e. The number of hydrogen-bond acceptors (Lipinski definition) is 6. The molecule has 1 heterocycles. The lowest BCUT2D eigenvalue weighted by Crippen LogP contribution is -2.38. The molecule has 11 heteroatoms. The highest BCUT2D eigenvalue weighted by atomic mass is 32.2. The van der Waals surface area contributed by atoms with Crippen molar-refractivity contribution in [1.82, 2.24) is 14.5 Å². The van der Waals surface area contributed by atoms with E-state index in [-0.39, 0.29) is 16.0 Å². The lowest BCUT2D eigenvalue weighted by molar-refractivity contribution is -0.135. The van der Waals surface area contributed by atoms with Crippen molar-refractivity contribution in [3.8, 4) is 0 Å². The lowest BCUT2D eigenvalue weighted by Gasteiger charge is -2.19. The quantitative estimate of drug-likeness (QED) is 0.881. The Balaban J connectivity index is 3.03. The van der Waals surface area contributed by atoms with Gasteiger partial charge in [0, 0.05) is 6.54 Å². The normalized spacial score (nSPS) is 13.2. The van der Waals surface area contributed by atoms with Gasteiger partial charge in [0.1, 0.15) is 6.54 Å². The Bertz CT molecular complexity index is 484. The molecule has 0 aliphatic rings. The molecule has 0 atom stereocenters. The van der Waals surface area contributed by atoms with Gasteiger partial charge in [-0.05, 0) is 0 Å². The van der Waals surface area contributed by atoms with Gasteiger partial charge < -0.3 is 5.73 Å². The molecule has 0 radical (unpaired) electrons. The van der Waals surface area contributed by atoms with E-state index in [4.69, 9.17) is 5.73 Å². The fourth-order valence-corrected chi connectivity index (χ4v) is 3.36. The minimum absolute atomic E-state index is 0.119. The largest absolute Gasteiger partial charge is 0.402 e. The average Bonchev–Trinajstić information content (AvgIpc) is 2.60. The van der Waals surface area contributed by atoms with E-state index in [1.54, 1.807) is 0 Å². The predicted molar refractivity (Wildman–Crippen MR) is 54.8 cm³/mol. The van der Waals surface area contributed by atoms with Gasteiger partial charge in [0.25, 0.3) is 10.0 Å². The molecule has 6 nitrogen and oxygen atoms in total. The van der Waals surface area contributed by atoms with Crippen molar-refractivity contribution < 1.29 is 21.6 Å². The lowest BCUT2D eigenvalue weighted by atomic mass is 10.6. The van der Waals surface area contributed by atoms with Crippen LogP contribution in [0.4, 0.5) is 18.3 Å². The molecule has 0 aliphatic carbocycles. The second-order valence-corrected chi connectivity index (χ2v) is 6.07. The highest BCUT2D eigenvalue weighted by molar-refractivity contribution is 7.91. The monoisotopic (exact) mass is 290 g/mol. The summed E-state index contributed by atoms with van der Waals surface area (Å²) in [5, 5.41) is 6.37. The first-order valence-corrected chi connectivity index (χ1v) is 6.58. The van der Waals surface area contributed by atoms with Crippen LogP contribution in [-0.4, -0.2) is 42.2 Å². The van der Waals surface area contributed by atoms with Crippen molar-refractivity contribution in [3.05, 3.63) is 0 Å². The summed E-state index contributed by atoms with van der Waals surface area (Å²) in [5.41, 5.74) is 5.18. The summed E-state index contributed by atoms with van der Waals surface area (Å²) in [7, 11) is -4.29. The Hall–Kier alpha value is -0.940. The van der Waals surface area contributed by atoms with E-state index < -0.39 is 27.1 Å². The third-order valence-corrected chi connectivity index (χ3v) is 4.71. The van der Waals surface area contributed by atoms with E-state index in [9.17, 15) is 21.6 Å². The molecule has 1 rings (SSSR count). The Kier molecular flexibility index (Phi) is 3.94.